The van der Waals surface area contributed by atoms with E-state index in [-0.39, 0.29) is 5.66 Å². The van der Waals surface area contributed by atoms with Crippen LogP contribution in [0, 0.1) is 0 Å². The molecule has 6 rings (SSSR count). The first kappa shape index (κ1) is 13.8. The van der Waals surface area contributed by atoms with E-state index in [2.05, 4.69) is 56.4 Å². The fourth-order valence-electron chi connectivity index (χ4n) is 5.28. The number of piperidine rings is 1. The lowest BCUT2D eigenvalue weighted by molar-refractivity contribution is -0.225. The van der Waals surface area contributed by atoms with E-state index < -0.39 is 0 Å². The molecule has 0 N–H and O–H groups in total. The molecule has 3 aromatic rings. The first-order valence-electron chi connectivity index (χ1n) is 9.06. The molecule has 4 heterocycles. The van der Waals surface area contributed by atoms with E-state index in [9.17, 15) is 0 Å². The van der Waals surface area contributed by atoms with Crippen molar-refractivity contribution in [2.75, 3.05) is 7.11 Å². The number of aromatic nitrogens is 3. The van der Waals surface area contributed by atoms with E-state index in [0.29, 0.717) is 0 Å². The number of benzene rings is 2. The van der Waals surface area contributed by atoms with Crippen LogP contribution in [0.2, 0.25) is 0 Å². The minimum absolute atomic E-state index is 0.140. The zero-order chi connectivity index (χ0) is 16.6. The molecule has 5 nitrogen and oxygen atoms in total. The summed E-state index contributed by atoms with van der Waals surface area (Å²) >= 11 is 0. The highest BCUT2D eigenvalue weighted by molar-refractivity contribution is 5.87. The van der Waals surface area contributed by atoms with Crippen molar-refractivity contribution < 1.29 is 4.74 Å². The highest BCUT2D eigenvalue weighted by Gasteiger charge is 2.67. The smallest absolute Gasteiger partial charge is 0.120 e. The predicted octanol–water partition coefficient (Wildman–Crippen LogP) is 3.40. The van der Waals surface area contributed by atoms with Crippen LogP contribution in [-0.2, 0) is 5.66 Å². The van der Waals surface area contributed by atoms with E-state index in [1.54, 1.807) is 7.11 Å². The third kappa shape index (κ3) is 1.71. The van der Waals surface area contributed by atoms with Gasteiger partial charge in [0.2, 0.25) is 0 Å². The van der Waals surface area contributed by atoms with Crippen molar-refractivity contribution in [3.05, 3.63) is 42.6 Å². The number of fused-ring (bicyclic) bond motifs is 1. The molecule has 2 aromatic carbocycles. The van der Waals surface area contributed by atoms with Gasteiger partial charge < -0.3 is 4.74 Å². The summed E-state index contributed by atoms with van der Waals surface area (Å²) < 4.78 is 7.43. The normalized spacial score (nSPS) is 30.0. The number of hydrogen-bond donors (Lipinski definition) is 0. The summed E-state index contributed by atoms with van der Waals surface area (Å²) in [5.74, 6) is 0.884. The lowest BCUT2D eigenvalue weighted by atomic mass is 9.75. The van der Waals surface area contributed by atoms with E-state index in [4.69, 9.17) is 4.74 Å². The third-order valence-corrected chi connectivity index (χ3v) is 6.49. The molecule has 3 fully saturated rings. The zero-order valence-corrected chi connectivity index (χ0v) is 14.2. The molecule has 0 bridgehead atoms. The maximum absolute atomic E-state index is 5.31. The Morgan fingerprint density at radius 1 is 1.04 bits per heavy atom. The molecule has 0 amide bonds. The molecule has 3 atom stereocenters. The Hall–Kier alpha value is -2.40. The van der Waals surface area contributed by atoms with Crippen LogP contribution in [0.25, 0.3) is 22.0 Å². The number of hydrogen-bond acceptors (Lipinski definition) is 4. The van der Waals surface area contributed by atoms with Gasteiger partial charge in [-0.15, -0.1) is 5.10 Å². The molecule has 0 saturated carbocycles. The summed E-state index contributed by atoms with van der Waals surface area (Å²) in [5.41, 5.74) is 2.22. The van der Waals surface area contributed by atoms with Gasteiger partial charge in [0.1, 0.15) is 17.1 Å². The van der Waals surface area contributed by atoms with Gasteiger partial charge >= 0.3 is 0 Å². The monoisotopic (exact) mass is 332 g/mol. The Labute approximate surface area is 146 Å². The van der Waals surface area contributed by atoms with Crippen molar-refractivity contribution in [3.8, 4) is 17.0 Å². The first-order chi connectivity index (χ1) is 12.3. The fraction of sp³-hybridized carbons (Fsp3) is 0.400. The number of methoxy groups -OCH3 is 1. The molecule has 1 unspecified atom stereocenters. The summed E-state index contributed by atoms with van der Waals surface area (Å²) in [6, 6.07) is 14.2. The van der Waals surface area contributed by atoms with E-state index in [1.807, 2.05) is 6.07 Å². The molecular weight excluding hydrogens is 312 g/mol. The van der Waals surface area contributed by atoms with Crippen LogP contribution in [-0.4, -0.2) is 39.1 Å². The predicted molar refractivity (Wildman–Crippen MR) is 95.4 cm³/mol. The van der Waals surface area contributed by atoms with Crippen molar-refractivity contribution >= 4 is 10.8 Å². The van der Waals surface area contributed by atoms with Gasteiger partial charge in [-0.3, -0.25) is 4.90 Å². The van der Waals surface area contributed by atoms with Crippen molar-refractivity contribution in [2.24, 2.45) is 0 Å². The Balaban J connectivity index is 1.35. The average Bonchev–Trinajstić information content (AvgIpc) is 3.14. The Morgan fingerprint density at radius 2 is 1.80 bits per heavy atom. The first-order valence-corrected chi connectivity index (χ1v) is 9.06. The standard InChI is InChI=1S/C20H20N4O/c1-25-18-7-4-13-8-15(3-2-14(13)9-18)19-12-23(22-21-19)20-10-16-5-6-17(11-20)24(16)20/h2-4,7-9,12,16-17H,5-6,10-11H2,1H3/t16-,17+,20?. The quantitative estimate of drug-likeness (QED) is 0.737. The molecular formula is C20H20N4O. The van der Waals surface area contributed by atoms with Gasteiger partial charge in [0.25, 0.3) is 0 Å². The van der Waals surface area contributed by atoms with Crippen LogP contribution in [0.5, 0.6) is 5.75 Å². The highest BCUT2D eigenvalue weighted by Crippen LogP contribution is 2.60. The van der Waals surface area contributed by atoms with E-state index in [1.165, 1.54) is 36.5 Å². The molecule has 126 valence electrons. The summed E-state index contributed by atoms with van der Waals surface area (Å²) in [6.45, 7) is 0. The van der Waals surface area contributed by atoms with Gasteiger partial charge in [-0.05, 0) is 41.8 Å². The fourth-order valence-corrected chi connectivity index (χ4v) is 5.28. The second-order valence-electron chi connectivity index (χ2n) is 7.66. The Bertz CT molecular complexity index is 980. The molecule has 0 radical (unpaired) electrons. The third-order valence-electron chi connectivity index (χ3n) is 6.49. The lowest BCUT2D eigenvalue weighted by Crippen LogP contribution is -2.75. The van der Waals surface area contributed by atoms with Crippen LogP contribution in [0.1, 0.15) is 25.7 Å². The van der Waals surface area contributed by atoms with Crippen molar-refractivity contribution in [3.63, 3.8) is 0 Å². The molecule has 0 spiro atoms. The van der Waals surface area contributed by atoms with Crippen LogP contribution < -0.4 is 4.74 Å². The molecule has 3 saturated heterocycles. The van der Waals surface area contributed by atoms with E-state index >= 15 is 0 Å². The molecule has 0 aliphatic carbocycles. The maximum Gasteiger partial charge on any atom is 0.120 e. The van der Waals surface area contributed by atoms with Crippen molar-refractivity contribution in [1.82, 2.24) is 19.9 Å². The minimum atomic E-state index is 0.140. The second-order valence-corrected chi connectivity index (χ2v) is 7.66. The van der Waals surface area contributed by atoms with Crippen LogP contribution >= 0.6 is 0 Å². The maximum atomic E-state index is 5.31. The van der Waals surface area contributed by atoms with Gasteiger partial charge in [-0.1, -0.05) is 23.4 Å². The molecule has 1 aromatic heterocycles. The van der Waals surface area contributed by atoms with Gasteiger partial charge in [0.15, 0.2) is 0 Å². The summed E-state index contributed by atoms with van der Waals surface area (Å²) in [6.07, 6.45) is 7.34. The molecule has 3 aliphatic rings. The second kappa shape index (κ2) is 4.61. The Morgan fingerprint density at radius 3 is 2.60 bits per heavy atom. The minimum Gasteiger partial charge on any atom is -0.497 e. The SMILES string of the molecule is COc1ccc2cc(-c3cn(C45C[C@H]6CC[C@@H](C4)N65)nn3)ccc2c1. The topological polar surface area (TPSA) is 43.2 Å². The summed E-state index contributed by atoms with van der Waals surface area (Å²) in [5, 5.41) is 11.3. The lowest BCUT2D eigenvalue weighted by Gasteiger charge is -2.65. The molecule has 5 heteroatoms. The Kier molecular flexibility index (Phi) is 2.55. The summed E-state index contributed by atoms with van der Waals surface area (Å²) in [4.78, 5) is 2.66. The number of ether oxygens (including phenoxy) is 1. The number of nitrogens with zero attached hydrogens (tertiary/aromatic N) is 4. The van der Waals surface area contributed by atoms with Gasteiger partial charge in [-0.2, -0.15) is 0 Å². The largest absolute Gasteiger partial charge is 0.497 e. The van der Waals surface area contributed by atoms with Crippen molar-refractivity contribution in [1.29, 1.82) is 0 Å². The molecule has 25 heavy (non-hydrogen) atoms. The zero-order valence-electron chi connectivity index (χ0n) is 14.2. The van der Waals surface area contributed by atoms with Gasteiger partial charge in [0, 0.05) is 30.5 Å². The van der Waals surface area contributed by atoms with E-state index in [0.717, 1.165) is 29.1 Å². The molecule has 3 aliphatic heterocycles. The van der Waals surface area contributed by atoms with Gasteiger partial charge in [0.05, 0.1) is 13.3 Å². The summed E-state index contributed by atoms with van der Waals surface area (Å²) in [7, 11) is 1.70. The van der Waals surface area contributed by atoms with Crippen molar-refractivity contribution in [2.45, 2.75) is 43.4 Å². The highest BCUT2D eigenvalue weighted by atomic mass is 16.5. The average molecular weight is 332 g/mol. The van der Waals surface area contributed by atoms with Crippen LogP contribution in [0.15, 0.2) is 42.6 Å². The van der Waals surface area contributed by atoms with Crippen LogP contribution in [0.3, 0.4) is 0 Å². The van der Waals surface area contributed by atoms with Crippen LogP contribution in [0.4, 0.5) is 0 Å². The van der Waals surface area contributed by atoms with Gasteiger partial charge in [-0.25, -0.2) is 4.68 Å². The number of rotatable bonds is 3.